The Bertz CT molecular complexity index is 476. The van der Waals surface area contributed by atoms with Crippen molar-refractivity contribution < 1.29 is 28.8 Å². The number of ether oxygens (including phenoxy) is 4. The van der Waals surface area contributed by atoms with Gasteiger partial charge in [-0.1, -0.05) is 30.3 Å². The second-order valence-corrected chi connectivity index (χ2v) is 4.76. The Labute approximate surface area is 116 Å². The maximum absolute atomic E-state index is 12.1. The van der Waals surface area contributed by atoms with Gasteiger partial charge in [-0.25, -0.2) is 0 Å². The lowest BCUT2D eigenvalue weighted by molar-refractivity contribution is -0.313. The van der Waals surface area contributed by atoms with E-state index in [0.717, 1.165) is 5.56 Å². The Morgan fingerprint density at radius 2 is 2.00 bits per heavy atom. The monoisotopic (exact) mass is 280 g/mol. The van der Waals surface area contributed by atoms with Gasteiger partial charge in [0.05, 0.1) is 6.61 Å². The largest absolute Gasteiger partial charge is 0.380 e. The molecule has 0 aliphatic carbocycles. The molecule has 1 N–H and O–H groups in total. The van der Waals surface area contributed by atoms with Crippen LogP contribution in [0, 0.1) is 0 Å². The zero-order valence-electron chi connectivity index (χ0n) is 11.0. The average molecular weight is 280 g/mol. The van der Waals surface area contributed by atoms with Crippen molar-refractivity contribution in [2.45, 2.75) is 30.9 Å². The van der Waals surface area contributed by atoms with Gasteiger partial charge in [-0.3, -0.25) is 4.79 Å². The molecule has 0 bridgehead atoms. The van der Waals surface area contributed by atoms with Crippen LogP contribution in [0.3, 0.4) is 0 Å². The average Bonchev–Trinajstić information content (AvgIpc) is 2.51. The van der Waals surface area contributed by atoms with E-state index >= 15 is 0 Å². The summed E-state index contributed by atoms with van der Waals surface area (Å²) in [7, 11) is 1.37. The Morgan fingerprint density at radius 3 is 2.70 bits per heavy atom. The van der Waals surface area contributed by atoms with Gasteiger partial charge in [0.25, 0.3) is 0 Å². The number of Topliss-reactive ketones (excluding diaryl/α,β-unsaturated/α-hetero) is 1. The van der Waals surface area contributed by atoms with Gasteiger partial charge in [0.2, 0.25) is 0 Å². The first-order chi connectivity index (χ1) is 9.70. The first-order valence-electron chi connectivity index (χ1n) is 6.43. The van der Waals surface area contributed by atoms with E-state index in [0.29, 0.717) is 0 Å². The number of carbonyl (C=O) groups is 1. The molecule has 0 saturated carbocycles. The van der Waals surface area contributed by atoms with Crippen LogP contribution in [-0.2, 0) is 23.7 Å². The van der Waals surface area contributed by atoms with Crippen molar-refractivity contribution in [3.8, 4) is 0 Å². The lowest BCUT2D eigenvalue weighted by atomic mass is 10.00. The van der Waals surface area contributed by atoms with E-state index in [2.05, 4.69) is 0 Å². The summed E-state index contributed by atoms with van der Waals surface area (Å²) < 4.78 is 21.6. The highest BCUT2D eigenvalue weighted by Gasteiger charge is 2.48. The Morgan fingerprint density at radius 1 is 1.25 bits per heavy atom. The Hall–Kier alpha value is -1.31. The summed E-state index contributed by atoms with van der Waals surface area (Å²) in [5.41, 5.74) is 0.821. The number of rotatable bonds is 2. The smallest absolute Gasteiger partial charge is 0.198 e. The summed E-state index contributed by atoms with van der Waals surface area (Å²) in [6.45, 7) is 0.211. The molecule has 1 aromatic rings. The molecule has 2 saturated heterocycles. The van der Waals surface area contributed by atoms with Crippen molar-refractivity contribution in [3.63, 3.8) is 0 Å². The Balaban J connectivity index is 1.76. The number of ketones is 1. The lowest BCUT2D eigenvalue weighted by Gasteiger charge is -2.42. The van der Waals surface area contributed by atoms with Crippen LogP contribution in [0.1, 0.15) is 11.9 Å². The van der Waals surface area contributed by atoms with E-state index < -0.39 is 36.7 Å². The minimum atomic E-state index is -1.34. The summed E-state index contributed by atoms with van der Waals surface area (Å²) in [5, 5.41) is 9.81. The van der Waals surface area contributed by atoms with Crippen LogP contribution in [0.15, 0.2) is 30.3 Å². The van der Waals surface area contributed by atoms with Crippen LogP contribution < -0.4 is 0 Å². The SMILES string of the molecule is CO[C@H]1O[C@@H]2COC(c3ccccc3)O[C@@H]2C(=O)[C@H]1O. The van der Waals surface area contributed by atoms with Crippen LogP contribution in [0.25, 0.3) is 0 Å². The van der Waals surface area contributed by atoms with Gasteiger partial charge in [-0.05, 0) is 0 Å². The number of hydrogen-bond acceptors (Lipinski definition) is 6. The number of aliphatic hydroxyl groups is 1. The molecule has 1 aromatic carbocycles. The quantitative estimate of drug-likeness (QED) is 0.845. The van der Waals surface area contributed by atoms with E-state index in [4.69, 9.17) is 18.9 Å². The molecule has 108 valence electrons. The molecule has 6 heteroatoms. The van der Waals surface area contributed by atoms with Gasteiger partial charge in [0.1, 0.15) is 6.10 Å². The first-order valence-corrected chi connectivity index (χ1v) is 6.43. The molecular formula is C14H16O6. The number of benzene rings is 1. The molecule has 2 aliphatic rings. The molecule has 1 unspecified atom stereocenters. The van der Waals surface area contributed by atoms with E-state index in [1.54, 1.807) is 0 Å². The lowest BCUT2D eigenvalue weighted by Crippen LogP contribution is -2.59. The van der Waals surface area contributed by atoms with Gasteiger partial charge >= 0.3 is 0 Å². The zero-order chi connectivity index (χ0) is 14.1. The van der Waals surface area contributed by atoms with Crippen molar-refractivity contribution in [3.05, 3.63) is 35.9 Å². The van der Waals surface area contributed by atoms with E-state index in [1.807, 2.05) is 30.3 Å². The third kappa shape index (κ3) is 2.36. The van der Waals surface area contributed by atoms with Crippen LogP contribution in [0.2, 0.25) is 0 Å². The van der Waals surface area contributed by atoms with Crippen molar-refractivity contribution in [1.29, 1.82) is 0 Å². The molecule has 20 heavy (non-hydrogen) atoms. The molecular weight excluding hydrogens is 264 g/mol. The van der Waals surface area contributed by atoms with Gasteiger partial charge in [0.15, 0.2) is 30.6 Å². The number of carbonyl (C=O) groups excluding carboxylic acids is 1. The Kier molecular flexibility index (Phi) is 3.82. The van der Waals surface area contributed by atoms with Crippen LogP contribution in [0.4, 0.5) is 0 Å². The third-order valence-electron chi connectivity index (χ3n) is 3.46. The molecule has 0 radical (unpaired) electrons. The maximum atomic E-state index is 12.1. The van der Waals surface area contributed by atoms with Crippen molar-refractivity contribution in [1.82, 2.24) is 0 Å². The predicted octanol–water partition coefficient (Wildman–Crippen LogP) is 0.402. The standard InChI is InChI=1S/C14H16O6/c1-17-14-11(16)10(15)12-9(19-14)7-18-13(20-12)8-5-3-2-4-6-8/h2-6,9,11-14,16H,7H2,1H3/t9-,11-,12+,13?,14+/m1/s1. The predicted molar refractivity (Wildman–Crippen MR) is 66.7 cm³/mol. The molecule has 2 aliphatic heterocycles. The van der Waals surface area contributed by atoms with Crippen molar-refractivity contribution >= 4 is 5.78 Å². The molecule has 6 nitrogen and oxygen atoms in total. The fourth-order valence-corrected chi connectivity index (χ4v) is 2.41. The summed E-state index contributed by atoms with van der Waals surface area (Å²) >= 11 is 0. The topological polar surface area (TPSA) is 74.2 Å². The number of hydrogen-bond donors (Lipinski definition) is 1. The molecule has 3 rings (SSSR count). The summed E-state index contributed by atoms with van der Waals surface area (Å²) in [5.74, 6) is -0.433. The summed E-state index contributed by atoms with van der Waals surface area (Å²) in [6.07, 6.45) is -4.33. The molecule has 0 spiro atoms. The maximum Gasteiger partial charge on any atom is 0.198 e. The number of fused-ring (bicyclic) bond motifs is 1. The normalized spacial score (nSPS) is 37.5. The summed E-state index contributed by atoms with van der Waals surface area (Å²) in [6, 6.07) is 9.32. The summed E-state index contributed by atoms with van der Waals surface area (Å²) in [4.78, 5) is 12.1. The van der Waals surface area contributed by atoms with Crippen LogP contribution >= 0.6 is 0 Å². The van der Waals surface area contributed by atoms with Gasteiger partial charge in [0, 0.05) is 12.7 Å². The van der Waals surface area contributed by atoms with E-state index in [1.165, 1.54) is 7.11 Å². The highest BCUT2D eigenvalue weighted by atomic mass is 16.7. The highest BCUT2D eigenvalue weighted by Crippen LogP contribution is 2.32. The van der Waals surface area contributed by atoms with Gasteiger partial charge < -0.3 is 24.1 Å². The van der Waals surface area contributed by atoms with Crippen LogP contribution in [0.5, 0.6) is 0 Å². The fourth-order valence-electron chi connectivity index (χ4n) is 2.41. The van der Waals surface area contributed by atoms with Crippen LogP contribution in [-0.4, -0.2) is 49.2 Å². The van der Waals surface area contributed by atoms with Gasteiger partial charge in [-0.15, -0.1) is 0 Å². The number of methoxy groups -OCH3 is 1. The zero-order valence-corrected chi connectivity index (χ0v) is 11.0. The van der Waals surface area contributed by atoms with E-state index in [9.17, 15) is 9.90 Å². The van der Waals surface area contributed by atoms with E-state index in [-0.39, 0.29) is 6.61 Å². The van der Waals surface area contributed by atoms with Crippen molar-refractivity contribution in [2.24, 2.45) is 0 Å². The fraction of sp³-hybridized carbons (Fsp3) is 0.500. The van der Waals surface area contributed by atoms with Gasteiger partial charge in [-0.2, -0.15) is 0 Å². The first kappa shape index (κ1) is 13.7. The molecule has 2 fully saturated rings. The minimum Gasteiger partial charge on any atom is -0.380 e. The highest BCUT2D eigenvalue weighted by molar-refractivity contribution is 5.89. The molecule has 0 amide bonds. The minimum absolute atomic E-state index is 0.211. The van der Waals surface area contributed by atoms with Crippen molar-refractivity contribution in [2.75, 3.05) is 13.7 Å². The molecule has 0 aromatic heterocycles. The molecule has 5 atom stereocenters. The molecule has 2 heterocycles. The number of aliphatic hydroxyl groups excluding tert-OH is 1. The third-order valence-corrected chi connectivity index (χ3v) is 3.46. The second-order valence-electron chi connectivity index (χ2n) is 4.76. The second kappa shape index (κ2) is 5.59.